The highest BCUT2D eigenvalue weighted by Gasteiger charge is 2.27. The molecule has 7 nitrogen and oxygen atoms in total. The number of likely N-dealkylation sites (tertiary alicyclic amines) is 1. The van der Waals surface area contributed by atoms with Gasteiger partial charge in [0.1, 0.15) is 16.5 Å². The summed E-state index contributed by atoms with van der Waals surface area (Å²) in [6, 6.07) is 11.1. The van der Waals surface area contributed by atoms with Gasteiger partial charge < -0.3 is 10.1 Å². The summed E-state index contributed by atoms with van der Waals surface area (Å²) < 4.78 is 45.5. The summed E-state index contributed by atoms with van der Waals surface area (Å²) in [4.78, 5) is 15.1. The van der Waals surface area contributed by atoms with Crippen molar-refractivity contribution in [3.63, 3.8) is 0 Å². The number of carbonyl (C=O) groups is 1. The van der Waals surface area contributed by atoms with E-state index in [0.29, 0.717) is 25.4 Å². The van der Waals surface area contributed by atoms with Crippen LogP contribution < -0.4 is 10.1 Å². The fraction of sp³-hybridized carbons (Fsp3) is 0.435. The molecule has 1 unspecified atom stereocenters. The summed E-state index contributed by atoms with van der Waals surface area (Å²) in [6.45, 7) is 4.08. The first-order valence-electron chi connectivity index (χ1n) is 10.7. The standard InChI is InChI=1S/C23H30FN3O4S/c1-4-31-21-11-10-20(14-22(21)32(29,30)26(2)3)25-23(28)18-8-6-12-27(16-18)15-17-7-5-9-19(24)13-17/h5,7,9-11,13-14,18H,4,6,8,12,15-16H2,1-3H3,(H,25,28). The molecule has 3 rings (SSSR count). The van der Waals surface area contributed by atoms with Crippen LogP contribution in [0.4, 0.5) is 10.1 Å². The zero-order valence-corrected chi connectivity index (χ0v) is 19.5. The summed E-state index contributed by atoms with van der Waals surface area (Å²) in [5, 5.41) is 2.86. The Morgan fingerprint density at radius 3 is 2.72 bits per heavy atom. The average Bonchev–Trinajstić information content (AvgIpc) is 2.75. The number of benzene rings is 2. The Balaban J connectivity index is 1.72. The maximum Gasteiger partial charge on any atom is 0.246 e. The lowest BCUT2D eigenvalue weighted by Crippen LogP contribution is -2.40. The zero-order chi connectivity index (χ0) is 23.3. The molecular formula is C23H30FN3O4S. The van der Waals surface area contributed by atoms with Crippen LogP contribution >= 0.6 is 0 Å². The summed E-state index contributed by atoms with van der Waals surface area (Å²) in [6.07, 6.45) is 1.60. The van der Waals surface area contributed by atoms with Crippen LogP contribution in [-0.4, -0.2) is 57.3 Å². The van der Waals surface area contributed by atoms with Gasteiger partial charge in [-0.1, -0.05) is 12.1 Å². The number of nitrogens with zero attached hydrogens (tertiary/aromatic N) is 2. The van der Waals surface area contributed by atoms with E-state index in [1.807, 2.05) is 6.07 Å². The first-order chi connectivity index (χ1) is 15.2. The smallest absolute Gasteiger partial charge is 0.246 e. The van der Waals surface area contributed by atoms with Gasteiger partial charge in [-0.15, -0.1) is 0 Å². The van der Waals surface area contributed by atoms with Gasteiger partial charge in [0.05, 0.1) is 12.5 Å². The lowest BCUT2D eigenvalue weighted by molar-refractivity contribution is -0.121. The monoisotopic (exact) mass is 463 g/mol. The number of hydrogen-bond donors (Lipinski definition) is 1. The molecule has 0 aromatic heterocycles. The van der Waals surface area contributed by atoms with Gasteiger partial charge in [0.15, 0.2) is 0 Å². The number of rotatable bonds is 8. The Morgan fingerprint density at radius 1 is 1.25 bits per heavy atom. The topological polar surface area (TPSA) is 79.0 Å². The third kappa shape index (κ3) is 5.85. The van der Waals surface area contributed by atoms with Crippen LogP contribution in [0.2, 0.25) is 0 Å². The fourth-order valence-electron chi connectivity index (χ4n) is 3.81. The van der Waals surface area contributed by atoms with Crippen LogP contribution in [0, 0.1) is 11.7 Å². The number of hydrogen-bond acceptors (Lipinski definition) is 5. The SMILES string of the molecule is CCOc1ccc(NC(=O)C2CCCN(Cc3cccc(F)c3)C2)cc1S(=O)(=O)N(C)C. The first kappa shape index (κ1) is 24.2. The predicted octanol–water partition coefficient (Wildman–Crippen LogP) is 3.33. The van der Waals surface area contributed by atoms with Gasteiger partial charge in [0.2, 0.25) is 15.9 Å². The predicted molar refractivity (Wildman–Crippen MR) is 122 cm³/mol. The van der Waals surface area contributed by atoms with Crippen molar-refractivity contribution in [3.05, 3.63) is 53.8 Å². The molecule has 2 aromatic rings. The number of halogens is 1. The number of amides is 1. The van der Waals surface area contributed by atoms with E-state index in [1.165, 1.54) is 32.3 Å². The van der Waals surface area contributed by atoms with Gasteiger partial charge in [-0.2, -0.15) is 0 Å². The van der Waals surface area contributed by atoms with E-state index in [9.17, 15) is 17.6 Å². The van der Waals surface area contributed by atoms with E-state index >= 15 is 0 Å². The second-order valence-electron chi connectivity index (χ2n) is 8.08. The fourth-order valence-corrected chi connectivity index (χ4v) is 4.86. The maximum absolute atomic E-state index is 13.5. The largest absolute Gasteiger partial charge is 0.492 e. The molecule has 1 atom stereocenters. The third-order valence-corrected chi connectivity index (χ3v) is 7.28. The molecule has 1 N–H and O–H groups in total. The van der Waals surface area contributed by atoms with Gasteiger partial charge >= 0.3 is 0 Å². The van der Waals surface area contributed by atoms with E-state index < -0.39 is 10.0 Å². The molecular weight excluding hydrogens is 433 g/mol. The molecule has 1 fully saturated rings. The van der Waals surface area contributed by atoms with Gasteiger partial charge in [0, 0.05) is 32.9 Å². The number of sulfonamides is 1. The summed E-state index contributed by atoms with van der Waals surface area (Å²) in [5.41, 5.74) is 1.28. The minimum Gasteiger partial charge on any atom is -0.492 e. The number of nitrogens with one attached hydrogen (secondary N) is 1. The number of piperidine rings is 1. The molecule has 9 heteroatoms. The number of anilines is 1. The van der Waals surface area contributed by atoms with Crippen molar-refractivity contribution in [2.45, 2.75) is 31.2 Å². The lowest BCUT2D eigenvalue weighted by Gasteiger charge is -2.32. The maximum atomic E-state index is 13.5. The second kappa shape index (κ2) is 10.4. The molecule has 32 heavy (non-hydrogen) atoms. The minimum atomic E-state index is -3.74. The first-order valence-corrected chi connectivity index (χ1v) is 12.1. The van der Waals surface area contributed by atoms with Crippen molar-refractivity contribution in [2.75, 3.05) is 39.1 Å². The third-order valence-electron chi connectivity index (χ3n) is 5.44. The Hall–Kier alpha value is -2.49. The van der Waals surface area contributed by atoms with Gasteiger partial charge in [-0.25, -0.2) is 17.1 Å². The van der Waals surface area contributed by atoms with Crippen molar-refractivity contribution in [2.24, 2.45) is 5.92 Å². The molecule has 174 valence electrons. The van der Waals surface area contributed by atoms with Gasteiger partial charge in [-0.3, -0.25) is 9.69 Å². The molecule has 0 aliphatic carbocycles. The highest BCUT2D eigenvalue weighted by atomic mass is 32.2. The number of ether oxygens (including phenoxy) is 1. The Labute approximate surface area is 189 Å². The van der Waals surface area contributed by atoms with Crippen molar-refractivity contribution in [3.8, 4) is 5.75 Å². The van der Waals surface area contributed by atoms with E-state index in [-0.39, 0.29) is 28.3 Å². The van der Waals surface area contributed by atoms with E-state index in [2.05, 4.69) is 10.2 Å². The van der Waals surface area contributed by atoms with E-state index in [0.717, 1.165) is 29.3 Å². The normalized spacial score (nSPS) is 17.3. The Morgan fingerprint density at radius 2 is 2.03 bits per heavy atom. The van der Waals surface area contributed by atoms with Crippen molar-refractivity contribution < 1.29 is 22.3 Å². The Bertz CT molecular complexity index is 1060. The molecule has 0 spiro atoms. The minimum absolute atomic E-state index is 0.0125. The summed E-state index contributed by atoms with van der Waals surface area (Å²) >= 11 is 0. The molecule has 2 aromatic carbocycles. The van der Waals surface area contributed by atoms with E-state index in [1.54, 1.807) is 25.1 Å². The second-order valence-corrected chi connectivity index (χ2v) is 10.2. The van der Waals surface area contributed by atoms with E-state index in [4.69, 9.17) is 4.74 Å². The lowest BCUT2D eigenvalue weighted by atomic mass is 9.96. The molecule has 1 amide bonds. The highest BCUT2D eigenvalue weighted by Crippen LogP contribution is 2.30. The van der Waals surface area contributed by atoms with Crippen LogP contribution in [-0.2, 0) is 21.4 Å². The quantitative estimate of drug-likeness (QED) is 0.650. The van der Waals surface area contributed by atoms with Crippen molar-refractivity contribution in [1.82, 2.24) is 9.21 Å². The summed E-state index contributed by atoms with van der Waals surface area (Å²) in [5.74, 6) is -0.421. The number of carbonyl (C=O) groups excluding carboxylic acids is 1. The van der Waals surface area contributed by atoms with Gasteiger partial charge in [0.25, 0.3) is 0 Å². The molecule has 0 bridgehead atoms. The van der Waals surface area contributed by atoms with Crippen LogP contribution in [0.1, 0.15) is 25.3 Å². The Kier molecular flexibility index (Phi) is 7.86. The van der Waals surface area contributed by atoms with Gasteiger partial charge in [-0.05, 0) is 62.2 Å². The molecule has 1 aliphatic rings. The molecule has 1 heterocycles. The average molecular weight is 464 g/mol. The van der Waals surface area contributed by atoms with Crippen molar-refractivity contribution in [1.29, 1.82) is 0 Å². The van der Waals surface area contributed by atoms with Crippen LogP contribution in [0.5, 0.6) is 5.75 Å². The molecule has 0 saturated carbocycles. The van der Waals surface area contributed by atoms with Crippen LogP contribution in [0.3, 0.4) is 0 Å². The molecule has 1 saturated heterocycles. The van der Waals surface area contributed by atoms with Crippen LogP contribution in [0.25, 0.3) is 0 Å². The van der Waals surface area contributed by atoms with Crippen molar-refractivity contribution >= 4 is 21.6 Å². The summed E-state index contributed by atoms with van der Waals surface area (Å²) in [7, 11) is -0.842. The van der Waals surface area contributed by atoms with Crippen LogP contribution in [0.15, 0.2) is 47.4 Å². The zero-order valence-electron chi connectivity index (χ0n) is 18.7. The molecule has 0 radical (unpaired) electrons. The molecule has 1 aliphatic heterocycles. The highest BCUT2D eigenvalue weighted by molar-refractivity contribution is 7.89.